The van der Waals surface area contributed by atoms with Gasteiger partial charge in [0.25, 0.3) is 0 Å². The van der Waals surface area contributed by atoms with E-state index in [9.17, 15) is 34.8 Å². The molecule has 2 rings (SSSR count). The first kappa shape index (κ1) is 19.1. The molecule has 0 saturated carbocycles. The van der Waals surface area contributed by atoms with Crippen molar-refractivity contribution < 1.29 is 39.5 Å². The molecule has 11 heteroatoms. The number of ether oxygens (including phenoxy) is 1. The van der Waals surface area contributed by atoms with Crippen LogP contribution in [-0.4, -0.2) is 15.0 Å². The van der Waals surface area contributed by atoms with Crippen LogP contribution in [0.1, 0.15) is 5.56 Å². The average molecular weight is 385 g/mol. The number of hydrogen-bond donors (Lipinski definition) is 1. The lowest BCUT2D eigenvalue weighted by Crippen LogP contribution is -2.26. The smallest absolute Gasteiger partial charge is 0.387 e. The van der Waals surface area contributed by atoms with E-state index in [1.807, 2.05) is 0 Å². The first-order chi connectivity index (χ1) is 11.6. The molecular formula is C14H9F6NO3S. The van der Waals surface area contributed by atoms with Gasteiger partial charge < -0.3 is 4.74 Å². The van der Waals surface area contributed by atoms with E-state index in [-0.39, 0.29) is 0 Å². The van der Waals surface area contributed by atoms with Gasteiger partial charge in [0.1, 0.15) is 0 Å². The largest absolute Gasteiger partial charge is 0.430 e. The summed E-state index contributed by atoms with van der Waals surface area (Å²) >= 11 is 0. The highest BCUT2D eigenvalue weighted by Crippen LogP contribution is 2.35. The molecule has 2 aromatic rings. The van der Waals surface area contributed by atoms with Crippen LogP contribution in [-0.2, 0) is 16.6 Å². The fraction of sp³-hybridized carbons (Fsp3) is 0.143. The SMILES string of the molecule is O=S(=O)(NCc1ccccc1)c1c(F)c(F)c(F)c(F)c1OC(F)F. The first-order valence-electron chi connectivity index (χ1n) is 6.49. The molecule has 136 valence electrons. The molecule has 0 aliphatic heterocycles. The van der Waals surface area contributed by atoms with Gasteiger partial charge in [0, 0.05) is 6.54 Å². The number of rotatable bonds is 6. The summed E-state index contributed by atoms with van der Waals surface area (Å²) in [5.74, 6) is -11.7. The number of sulfonamides is 1. The maximum absolute atomic E-state index is 13.8. The molecule has 0 aliphatic carbocycles. The molecule has 0 amide bonds. The summed E-state index contributed by atoms with van der Waals surface area (Å²) < 4.78 is 108. The molecule has 1 N–H and O–H groups in total. The summed E-state index contributed by atoms with van der Waals surface area (Å²) in [7, 11) is -5.06. The second-order valence-electron chi connectivity index (χ2n) is 4.60. The van der Waals surface area contributed by atoms with E-state index in [0.717, 1.165) is 0 Å². The van der Waals surface area contributed by atoms with Crippen molar-refractivity contribution in [1.29, 1.82) is 0 Å². The number of benzene rings is 2. The molecule has 0 saturated heterocycles. The Morgan fingerprint density at radius 2 is 1.48 bits per heavy atom. The summed E-state index contributed by atoms with van der Waals surface area (Å²) in [4.78, 5) is -1.89. The van der Waals surface area contributed by atoms with Gasteiger partial charge in [0.15, 0.2) is 22.3 Å². The number of halogens is 6. The van der Waals surface area contributed by atoms with Crippen LogP contribution in [0.2, 0.25) is 0 Å². The van der Waals surface area contributed by atoms with Crippen molar-refractivity contribution in [2.24, 2.45) is 0 Å². The minimum atomic E-state index is -5.06. The highest BCUT2D eigenvalue weighted by Gasteiger charge is 2.35. The Morgan fingerprint density at radius 3 is 2.04 bits per heavy atom. The van der Waals surface area contributed by atoms with Gasteiger partial charge in [-0.15, -0.1) is 0 Å². The van der Waals surface area contributed by atoms with Gasteiger partial charge in [-0.25, -0.2) is 26.3 Å². The van der Waals surface area contributed by atoms with E-state index >= 15 is 0 Å². The van der Waals surface area contributed by atoms with Gasteiger partial charge in [0.2, 0.25) is 21.7 Å². The highest BCUT2D eigenvalue weighted by atomic mass is 32.2. The van der Waals surface area contributed by atoms with Crippen LogP contribution in [0, 0.1) is 23.3 Å². The Kier molecular flexibility index (Phi) is 5.58. The molecule has 0 heterocycles. The predicted octanol–water partition coefficient (Wildman–Crippen LogP) is 3.32. The van der Waals surface area contributed by atoms with Gasteiger partial charge in [-0.05, 0) is 5.56 Å². The highest BCUT2D eigenvalue weighted by molar-refractivity contribution is 7.89. The molecule has 4 nitrogen and oxygen atoms in total. The van der Waals surface area contributed by atoms with Crippen LogP contribution in [0.3, 0.4) is 0 Å². The van der Waals surface area contributed by atoms with Gasteiger partial charge in [0.05, 0.1) is 0 Å². The van der Waals surface area contributed by atoms with Gasteiger partial charge in [-0.1, -0.05) is 30.3 Å². The third-order valence-corrected chi connectivity index (χ3v) is 4.39. The quantitative estimate of drug-likeness (QED) is 0.472. The molecular weight excluding hydrogens is 376 g/mol. The van der Waals surface area contributed by atoms with Gasteiger partial charge >= 0.3 is 6.61 Å². The third-order valence-electron chi connectivity index (χ3n) is 2.97. The molecule has 0 spiro atoms. The van der Waals surface area contributed by atoms with Gasteiger partial charge in [-0.2, -0.15) is 13.2 Å². The molecule has 0 atom stereocenters. The second-order valence-corrected chi connectivity index (χ2v) is 6.31. The Labute approximate surface area is 138 Å². The summed E-state index contributed by atoms with van der Waals surface area (Å²) in [6.07, 6.45) is 0. The zero-order valence-electron chi connectivity index (χ0n) is 12.1. The van der Waals surface area contributed by atoms with Crippen LogP contribution < -0.4 is 9.46 Å². The van der Waals surface area contributed by atoms with Crippen LogP contribution in [0.5, 0.6) is 5.75 Å². The Hall–Kier alpha value is -2.27. The summed E-state index contributed by atoms with van der Waals surface area (Å²) in [6.45, 7) is -4.25. The minimum absolute atomic E-state index is 0.380. The number of alkyl halides is 2. The van der Waals surface area contributed by atoms with E-state index in [0.29, 0.717) is 5.56 Å². The molecule has 2 aromatic carbocycles. The van der Waals surface area contributed by atoms with Crippen LogP contribution in [0.15, 0.2) is 35.2 Å². The molecule has 0 fully saturated rings. The fourth-order valence-electron chi connectivity index (χ4n) is 1.87. The van der Waals surface area contributed by atoms with Crippen LogP contribution in [0.4, 0.5) is 26.3 Å². The van der Waals surface area contributed by atoms with Crippen molar-refractivity contribution in [2.75, 3.05) is 0 Å². The summed E-state index contributed by atoms with van der Waals surface area (Å²) in [5, 5.41) is 0. The second kappa shape index (κ2) is 7.31. The Balaban J connectivity index is 2.51. The Bertz CT molecular complexity index is 874. The van der Waals surface area contributed by atoms with Crippen molar-refractivity contribution in [3.63, 3.8) is 0 Å². The Morgan fingerprint density at radius 1 is 0.920 bits per heavy atom. The third kappa shape index (κ3) is 4.04. The fourth-order valence-corrected chi connectivity index (χ4v) is 3.08. The lowest BCUT2D eigenvalue weighted by atomic mass is 10.2. The molecule has 25 heavy (non-hydrogen) atoms. The van der Waals surface area contributed by atoms with Crippen LogP contribution in [0.25, 0.3) is 0 Å². The standard InChI is InChI=1S/C14H9F6NO3S/c15-8-9(16)11(18)13(12(10(8)17)24-14(19)20)25(22,23)21-6-7-4-2-1-3-5-7/h1-5,14,21H,6H2. The number of hydrogen-bond acceptors (Lipinski definition) is 3. The maximum atomic E-state index is 13.8. The van der Waals surface area contributed by atoms with Crippen molar-refractivity contribution in [3.8, 4) is 5.75 Å². The van der Waals surface area contributed by atoms with Crippen LogP contribution >= 0.6 is 0 Å². The summed E-state index contributed by atoms with van der Waals surface area (Å²) in [6, 6.07) is 7.67. The van der Waals surface area contributed by atoms with E-state index in [4.69, 9.17) is 0 Å². The molecule has 0 aromatic heterocycles. The zero-order chi connectivity index (χ0) is 18.8. The van der Waals surface area contributed by atoms with Crippen molar-refractivity contribution in [2.45, 2.75) is 18.1 Å². The first-order valence-corrected chi connectivity index (χ1v) is 7.97. The van der Waals surface area contributed by atoms with Gasteiger partial charge in [-0.3, -0.25) is 0 Å². The minimum Gasteiger partial charge on any atom is -0.430 e. The lowest BCUT2D eigenvalue weighted by molar-refractivity contribution is -0.0551. The number of nitrogens with one attached hydrogen (secondary N) is 1. The van der Waals surface area contributed by atoms with Crippen molar-refractivity contribution in [1.82, 2.24) is 4.72 Å². The predicted molar refractivity (Wildman–Crippen MR) is 73.4 cm³/mol. The zero-order valence-corrected chi connectivity index (χ0v) is 12.9. The molecule has 0 bridgehead atoms. The lowest BCUT2D eigenvalue weighted by Gasteiger charge is -2.15. The van der Waals surface area contributed by atoms with E-state index in [1.54, 1.807) is 22.9 Å². The molecule has 0 aliphatic rings. The summed E-state index contributed by atoms with van der Waals surface area (Å²) in [5.41, 5.74) is 0.380. The normalized spacial score (nSPS) is 11.8. The van der Waals surface area contributed by atoms with E-state index < -0.39 is 57.1 Å². The average Bonchev–Trinajstić information content (AvgIpc) is 2.56. The van der Waals surface area contributed by atoms with E-state index in [1.165, 1.54) is 12.1 Å². The monoisotopic (exact) mass is 385 g/mol. The van der Waals surface area contributed by atoms with Crippen molar-refractivity contribution >= 4 is 10.0 Å². The maximum Gasteiger partial charge on any atom is 0.387 e. The van der Waals surface area contributed by atoms with E-state index in [2.05, 4.69) is 4.74 Å². The molecule has 0 unspecified atom stereocenters. The van der Waals surface area contributed by atoms with Crippen molar-refractivity contribution in [3.05, 3.63) is 59.2 Å². The molecule has 0 radical (unpaired) electrons. The topological polar surface area (TPSA) is 55.4 Å².